The molecule has 12 nitrogen and oxygen atoms in total. The van der Waals surface area contributed by atoms with Gasteiger partial charge in [-0.15, -0.1) is 0 Å². The third-order valence-corrected chi connectivity index (χ3v) is 5.09. The molecular weight excluding hydrogens is 481 g/mol. The number of rotatable bonds is 13. The Kier molecular flexibility index (Phi) is 9.90. The lowest BCUT2D eigenvalue weighted by atomic mass is 10.0. The molecule has 0 saturated heterocycles. The highest BCUT2D eigenvalue weighted by Crippen LogP contribution is 2.29. The second-order valence-corrected chi connectivity index (χ2v) is 8.41. The number of H-pyrrole nitrogens is 1. The Hall–Kier alpha value is -3.10. The van der Waals surface area contributed by atoms with E-state index >= 15 is 4.39 Å². The third-order valence-electron chi connectivity index (χ3n) is 5.09. The summed E-state index contributed by atoms with van der Waals surface area (Å²) in [5.41, 5.74) is -4.41. The molecule has 0 bridgehead atoms. The molecule has 0 aliphatic heterocycles. The number of ether oxygens (including phenoxy) is 4. The first kappa shape index (κ1) is 29.1. The summed E-state index contributed by atoms with van der Waals surface area (Å²) >= 11 is 0. The number of aromatic amines is 1. The van der Waals surface area contributed by atoms with Crippen LogP contribution in [0, 0.1) is 0 Å². The van der Waals surface area contributed by atoms with Gasteiger partial charge in [-0.1, -0.05) is 18.2 Å². The molecule has 0 saturated carbocycles. The summed E-state index contributed by atoms with van der Waals surface area (Å²) in [4.78, 5) is 37.6. The number of methoxy groups -OCH3 is 1. The number of carbonyl (C=O) groups excluding carboxylic acids is 1. The summed E-state index contributed by atoms with van der Waals surface area (Å²) < 4.78 is 37.4. The molecule has 0 fully saturated rings. The van der Waals surface area contributed by atoms with E-state index in [4.69, 9.17) is 18.9 Å². The van der Waals surface area contributed by atoms with Crippen LogP contribution in [0.1, 0.15) is 27.7 Å². The lowest BCUT2D eigenvalue weighted by molar-refractivity contribution is -0.293. The van der Waals surface area contributed by atoms with Crippen LogP contribution in [0.4, 0.5) is 4.39 Å². The van der Waals surface area contributed by atoms with Crippen molar-refractivity contribution in [1.82, 2.24) is 14.9 Å². The maximum atomic E-state index is 15.8. The molecule has 0 aliphatic carbocycles. The van der Waals surface area contributed by atoms with Gasteiger partial charge in [0.2, 0.25) is 0 Å². The van der Waals surface area contributed by atoms with Crippen molar-refractivity contribution in [3.8, 4) is 5.75 Å². The van der Waals surface area contributed by atoms with Gasteiger partial charge in [0.15, 0.2) is 11.8 Å². The molecule has 0 radical (unpaired) electrons. The zero-order valence-corrected chi connectivity index (χ0v) is 20.6. The lowest BCUT2D eigenvalue weighted by Crippen LogP contribution is -2.60. The fourth-order valence-electron chi connectivity index (χ4n) is 3.10. The molecule has 0 aliphatic rings. The van der Waals surface area contributed by atoms with E-state index in [1.807, 2.05) is 4.98 Å². The molecule has 200 valence electrons. The number of alkyl halides is 1. The molecule has 1 aromatic carbocycles. The van der Waals surface area contributed by atoms with E-state index in [9.17, 15) is 24.6 Å². The number of hydrogen-bond donors (Lipinski definition) is 4. The average molecular weight is 514 g/mol. The molecule has 13 heteroatoms. The highest BCUT2D eigenvalue weighted by molar-refractivity contribution is 5.75. The fraction of sp³-hybridized carbons (Fsp3) is 0.522. The number of hydrogen-bond acceptors (Lipinski definition) is 10. The minimum atomic E-state index is -3.08. The number of nitrogens with zero attached hydrogens (tertiary/aromatic N) is 1. The van der Waals surface area contributed by atoms with E-state index in [0.717, 1.165) is 26.3 Å². The molecule has 1 aromatic heterocycles. The highest BCUT2D eigenvalue weighted by atomic mass is 19.2. The zero-order chi connectivity index (χ0) is 27.1. The molecule has 2 aromatic rings. The van der Waals surface area contributed by atoms with Crippen LogP contribution in [0.25, 0.3) is 0 Å². The third kappa shape index (κ3) is 7.45. The van der Waals surface area contributed by atoms with Gasteiger partial charge in [0, 0.05) is 19.4 Å². The first-order chi connectivity index (χ1) is 16.8. The summed E-state index contributed by atoms with van der Waals surface area (Å²) in [6.45, 7) is 4.77. The topological polar surface area (TPSA) is 161 Å². The number of nitrogens with one attached hydrogen (secondary N) is 2. The predicted molar refractivity (Wildman–Crippen MR) is 125 cm³/mol. The normalized spacial score (nSPS) is 17.5. The molecule has 36 heavy (non-hydrogen) atoms. The Morgan fingerprint density at radius 1 is 1.19 bits per heavy atom. The molecule has 1 heterocycles. The maximum Gasteiger partial charge on any atom is 0.330 e. The van der Waals surface area contributed by atoms with Crippen LogP contribution in [0.5, 0.6) is 5.75 Å². The van der Waals surface area contributed by atoms with Crippen molar-refractivity contribution in [3.63, 3.8) is 0 Å². The molecule has 2 rings (SSSR count). The van der Waals surface area contributed by atoms with Gasteiger partial charge in [0.05, 0.1) is 6.10 Å². The van der Waals surface area contributed by atoms with E-state index in [1.54, 1.807) is 44.2 Å². The van der Waals surface area contributed by atoms with Crippen LogP contribution in [-0.4, -0.2) is 70.0 Å². The van der Waals surface area contributed by atoms with Crippen LogP contribution in [0.3, 0.4) is 0 Å². The monoisotopic (exact) mass is 513 g/mol. The molecule has 0 unspecified atom stereocenters. The van der Waals surface area contributed by atoms with Gasteiger partial charge >= 0.3 is 11.7 Å². The summed E-state index contributed by atoms with van der Waals surface area (Å²) in [5.74, 6) is -3.39. The zero-order valence-electron chi connectivity index (χ0n) is 20.6. The second kappa shape index (κ2) is 12.2. The second-order valence-electron chi connectivity index (χ2n) is 8.41. The van der Waals surface area contributed by atoms with E-state index in [2.05, 4.69) is 5.32 Å². The van der Waals surface area contributed by atoms with Crippen LogP contribution >= 0.6 is 0 Å². The van der Waals surface area contributed by atoms with Gasteiger partial charge in [-0.25, -0.2) is 14.5 Å². The Morgan fingerprint density at radius 2 is 1.83 bits per heavy atom. The minimum absolute atomic E-state index is 0.314. The summed E-state index contributed by atoms with van der Waals surface area (Å²) in [6.07, 6.45) is -3.30. The molecule has 0 amide bonds. The van der Waals surface area contributed by atoms with E-state index in [-0.39, 0.29) is 6.10 Å². The molecule has 5 atom stereocenters. The van der Waals surface area contributed by atoms with Gasteiger partial charge in [-0.3, -0.25) is 19.1 Å². The first-order valence-corrected chi connectivity index (χ1v) is 11.1. The maximum absolute atomic E-state index is 15.8. The first-order valence-electron chi connectivity index (χ1n) is 11.1. The standard InChI is InChI=1S/C23H32FN3O9/c1-14(2)35-18(29)15(3)25-21(36-16-9-7-6-8-10-16)34-13-23(24,33-5)19(30)22(4,32)27-12-11-17(28)26-20(27)31/h6-12,14-15,19,21,25,30,32H,13H2,1-5H3,(H,26,28,31)/t15-,19-,21+,22+,23+/m0/s1. The van der Waals surface area contributed by atoms with Crippen molar-refractivity contribution >= 4 is 5.97 Å². The van der Waals surface area contributed by atoms with Gasteiger partial charge in [-0.2, -0.15) is 0 Å². The number of aliphatic hydroxyl groups excluding tert-OH is 1. The van der Waals surface area contributed by atoms with Crippen LogP contribution < -0.4 is 21.3 Å². The van der Waals surface area contributed by atoms with Crippen molar-refractivity contribution < 1.29 is 38.3 Å². The quantitative estimate of drug-likeness (QED) is 0.215. The lowest BCUT2D eigenvalue weighted by Gasteiger charge is -2.38. The smallest absolute Gasteiger partial charge is 0.330 e. The fourth-order valence-corrected chi connectivity index (χ4v) is 3.10. The number of aliphatic hydroxyl groups is 2. The van der Waals surface area contributed by atoms with E-state index in [0.29, 0.717) is 10.3 Å². The number of halogens is 1. The number of benzene rings is 1. The molecular formula is C23H32FN3O9. The predicted octanol–water partition coefficient (Wildman–Crippen LogP) is 0.184. The minimum Gasteiger partial charge on any atom is -0.462 e. The Morgan fingerprint density at radius 3 is 2.39 bits per heavy atom. The Labute approximate surface area is 206 Å². The average Bonchev–Trinajstić information content (AvgIpc) is 2.81. The van der Waals surface area contributed by atoms with Crippen molar-refractivity contribution in [2.45, 2.75) is 63.9 Å². The number of para-hydroxylation sites is 1. The van der Waals surface area contributed by atoms with Crippen molar-refractivity contribution in [2.75, 3.05) is 13.7 Å². The van der Waals surface area contributed by atoms with Crippen LogP contribution in [0.15, 0.2) is 52.2 Å². The summed E-state index contributed by atoms with van der Waals surface area (Å²) in [7, 11) is 0.918. The molecule has 4 N–H and O–H groups in total. The van der Waals surface area contributed by atoms with Crippen molar-refractivity contribution in [3.05, 3.63) is 63.4 Å². The number of aromatic nitrogens is 2. The van der Waals surface area contributed by atoms with Gasteiger partial charge in [0.1, 0.15) is 18.4 Å². The number of esters is 1. The van der Waals surface area contributed by atoms with Crippen molar-refractivity contribution in [2.24, 2.45) is 0 Å². The molecule has 0 spiro atoms. The van der Waals surface area contributed by atoms with Crippen LogP contribution in [0.2, 0.25) is 0 Å². The summed E-state index contributed by atoms with van der Waals surface area (Å²) in [5, 5.41) is 24.2. The Balaban J connectivity index is 2.25. The van der Waals surface area contributed by atoms with E-state index in [1.165, 1.54) is 6.92 Å². The van der Waals surface area contributed by atoms with Crippen LogP contribution in [-0.2, 0) is 24.7 Å². The van der Waals surface area contributed by atoms with Gasteiger partial charge in [-0.05, 0) is 39.8 Å². The highest BCUT2D eigenvalue weighted by Gasteiger charge is 2.51. The van der Waals surface area contributed by atoms with Crippen molar-refractivity contribution in [1.29, 1.82) is 0 Å². The SMILES string of the molecule is CO[C@](F)(CO[C@@H](N[C@@H](C)C(=O)OC(C)C)Oc1ccccc1)[C@@H](O)[C@@](C)(O)n1ccc(=O)[nH]c1=O. The van der Waals surface area contributed by atoms with Gasteiger partial charge in [0.25, 0.3) is 17.8 Å². The largest absolute Gasteiger partial charge is 0.462 e. The number of carbonyl (C=O) groups is 1. The summed E-state index contributed by atoms with van der Waals surface area (Å²) in [6, 6.07) is 8.27. The Bertz CT molecular complexity index is 1110. The van der Waals surface area contributed by atoms with E-state index < -0.39 is 54.0 Å². The van der Waals surface area contributed by atoms with Gasteiger partial charge < -0.3 is 29.2 Å².